The number of hydrogen-bond donors (Lipinski definition) is 2. The van der Waals surface area contributed by atoms with Crippen molar-refractivity contribution in [2.75, 3.05) is 24.5 Å². The summed E-state index contributed by atoms with van der Waals surface area (Å²) >= 11 is 6.27. The quantitative estimate of drug-likeness (QED) is 0.749. The number of pyridine rings is 1. The molecule has 162 valence electrons. The molecule has 2 N–H and O–H groups in total. The fourth-order valence-corrected chi connectivity index (χ4v) is 4.34. The molecule has 1 atom stereocenters. The van der Waals surface area contributed by atoms with E-state index in [0.717, 1.165) is 0 Å². The van der Waals surface area contributed by atoms with Crippen LogP contribution in [0.25, 0.3) is 10.9 Å². The van der Waals surface area contributed by atoms with E-state index in [-0.39, 0.29) is 36.5 Å². The SMILES string of the molecule is O=C(NCC1(O)CCC(F)(F)CC1)c1c(Cl)ccc2nc(N3CC[C@H](F)C3)ccc12. The van der Waals surface area contributed by atoms with Crippen molar-refractivity contribution in [1.29, 1.82) is 0 Å². The second-order valence-electron chi connectivity index (χ2n) is 8.25. The van der Waals surface area contributed by atoms with Crippen molar-refractivity contribution < 1.29 is 23.1 Å². The summed E-state index contributed by atoms with van der Waals surface area (Å²) < 4.78 is 40.2. The highest BCUT2D eigenvalue weighted by Gasteiger charge is 2.42. The number of aromatic nitrogens is 1. The topological polar surface area (TPSA) is 65.5 Å². The third kappa shape index (κ3) is 4.34. The van der Waals surface area contributed by atoms with E-state index in [2.05, 4.69) is 10.3 Å². The average Bonchev–Trinajstić information content (AvgIpc) is 3.15. The third-order valence-electron chi connectivity index (χ3n) is 5.98. The highest BCUT2D eigenvalue weighted by Crippen LogP contribution is 2.38. The lowest BCUT2D eigenvalue weighted by molar-refractivity contribution is -0.101. The van der Waals surface area contributed by atoms with Crippen LogP contribution in [0, 0.1) is 0 Å². The summed E-state index contributed by atoms with van der Waals surface area (Å²) in [5.41, 5.74) is -0.610. The van der Waals surface area contributed by atoms with E-state index in [9.17, 15) is 23.1 Å². The van der Waals surface area contributed by atoms with Gasteiger partial charge in [0.25, 0.3) is 5.91 Å². The lowest BCUT2D eigenvalue weighted by atomic mass is 9.82. The maximum Gasteiger partial charge on any atom is 0.253 e. The first kappa shape index (κ1) is 21.2. The number of nitrogens with zero attached hydrogens (tertiary/aromatic N) is 2. The standard InChI is InChI=1S/C21H23ClF3N3O2/c22-15-2-3-16-14(1-4-17(27-16)28-10-5-13(23)11-28)18(15)19(29)26-12-20(30)6-8-21(24,25)9-7-20/h1-4,13,30H,5-12H2,(H,26,29)/t13-/m0/s1. The van der Waals surface area contributed by atoms with Gasteiger partial charge in [-0.3, -0.25) is 4.79 Å². The first-order chi connectivity index (χ1) is 14.2. The molecule has 1 aliphatic carbocycles. The molecule has 9 heteroatoms. The van der Waals surface area contributed by atoms with Crippen LogP contribution in [0.15, 0.2) is 24.3 Å². The number of fused-ring (bicyclic) bond motifs is 1. The van der Waals surface area contributed by atoms with Crippen LogP contribution < -0.4 is 10.2 Å². The number of rotatable bonds is 4. The van der Waals surface area contributed by atoms with E-state index in [1.165, 1.54) is 0 Å². The van der Waals surface area contributed by atoms with Crippen molar-refractivity contribution in [2.45, 2.75) is 49.8 Å². The van der Waals surface area contributed by atoms with Gasteiger partial charge in [-0.25, -0.2) is 18.2 Å². The monoisotopic (exact) mass is 441 g/mol. The molecule has 30 heavy (non-hydrogen) atoms. The van der Waals surface area contributed by atoms with Crippen molar-refractivity contribution in [2.24, 2.45) is 0 Å². The van der Waals surface area contributed by atoms with Crippen LogP contribution in [-0.2, 0) is 0 Å². The first-order valence-corrected chi connectivity index (χ1v) is 10.4. The molecule has 0 unspecified atom stereocenters. The predicted molar refractivity (Wildman–Crippen MR) is 109 cm³/mol. The summed E-state index contributed by atoms with van der Waals surface area (Å²) in [6.07, 6.45) is -1.39. The number of benzene rings is 1. The smallest absolute Gasteiger partial charge is 0.253 e. The summed E-state index contributed by atoms with van der Waals surface area (Å²) in [4.78, 5) is 19.2. The molecule has 5 nitrogen and oxygen atoms in total. The highest BCUT2D eigenvalue weighted by molar-refractivity contribution is 6.35. The van der Waals surface area contributed by atoms with E-state index in [0.29, 0.717) is 29.7 Å². The minimum absolute atomic E-state index is 0.0835. The average molecular weight is 442 g/mol. The molecule has 2 aliphatic rings. The van der Waals surface area contributed by atoms with E-state index >= 15 is 0 Å². The van der Waals surface area contributed by atoms with Gasteiger partial charge in [-0.1, -0.05) is 11.6 Å². The van der Waals surface area contributed by atoms with Gasteiger partial charge in [-0.15, -0.1) is 0 Å². The summed E-state index contributed by atoms with van der Waals surface area (Å²) in [6, 6.07) is 6.70. The van der Waals surface area contributed by atoms with Crippen LogP contribution in [0.2, 0.25) is 5.02 Å². The largest absolute Gasteiger partial charge is 0.388 e. The lowest BCUT2D eigenvalue weighted by Gasteiger charge is -2.35. The molecule has 1 amide bonds. The normalized spacial score (nSPS) is 23.0. The van der Waals surface area contributed by atoms with Crippen molar-refractivity contribution in [3.8, 4) is 0 Å². The Kier molecular flexibility index (Phi) is 5.57. The number of aliphatic hydroxyl groups is 1. The molecular weight excluding hydrogens is 419 g/mol. The summed E-state index contributed by atoms with van der Waals surface area (Å²) in [7, 11) is 0. The van der Waals surface area contributed by atoms with Crippen LogP contribution in [0.5, 0.6) is 0 Å². The van der Waals surface area contributed by atoms with Gasteiger partial charge in [-0.05, 0) is 43.5 Å². The van der Waals surface area contributed by atoms with Crippen molar-refractivity contribution in [1.82, 2.24) is 10.3 Å². The van der Waals surface area contributed by atoms with Gasteiger partial charge in [0.1, 0.15) is 12.0 Å². The lowest BCUT2D eigenvalue weighted by Crippen LogP contribution is -2.47. The van der Waals surface area contributed by atoms with Crippen molar-refractivity contribution in [3.05, 3.63) is 34.9 Å². The summed E-state index contributed by atoms with van der Waals surface area (Å²) in [5, 5.41) is 13.9. The Bertz CT molecular complexity index is 962. The number of hydrogen-bond acceptors (Lipinski definition) is 4. The molecule has 1 aliphatic heterocycles. The van der Waals surface area contributed by atoms with E-state index < -0.39 is 36.4 Å². The number of amides is 1. The zero-order valence-corrected chi connectivity index (χ0v) is 17.1. The van der Waals surface area contributed by atoms with Gasteiger partial charge >= 0.3 is 0 Å². The minimum Gasteiger partial charge on any atom is -0.388 e. The molecular formula is C21H23ClF3N3O2. The molecule has 4 rings (SSSR count). The molecule has 0 spiro atoms. The van der Waals surface area contributed by atoms with E-state index in [4.69, 9.17) is 11.6 Å². The molecule has 2 fully saturated rings. The number of alkyl halides is 3. The van der Waals surface area contributed by atoms with Gasteiger partial charge in [-0.2, -0.15) is 0 Å². The molecule has 1 saturated carbocycles. The summed E-state index contributed by atoms with van der Waals surface area (Å²) in [6.45, 7) is 0.737. The van der Waals surface area contributed by atoms with Crippen LogP contribution in [0.1, 0.15) is 42.5 Å². The molecule has 1 saturated heterocycles. The maximum absolute atomic E-state index is 13.5. The Morgan fingerprint density at radius 1 is 1.23 bits per heavy atom. The number of nitrogens with one attached hydrogen (secondary N) is 1. The number of anilines is 1. The zero-order valence-electron chi connectivity index (χ0n) is 16.3. The summed E-state index contributed by atoms with van der Waals surface area (Å²) in [5.74, 6) is -2.64. The van der Waals surface area contributed by atoms with Crippen molar-refractivity contribution >= 4 is 34.2 Å². The highest BCUT2D eigenvalue weighted by atomic mass is 35.5. The Morgan fingerprint density at radius 2 is 1.97 bits per heavy atom. The van der Waals surface area contributed by atoms with E-state index in [1.54, 1.807) is 24.3 Å². The Hall–Kier alpha value is -2.06. The fraction of sp³-hybridized carbons (Fsp3) is 0.524. The van der Waals surface area contributed by atoms with Gasteiger partial charge < -0.3 is 15.3 Å². The molecule has 1 aromatic carbocycles. The van der Waals surface area contributed by atoms with Crippen LogP contribution in [0.3, 0.4) is 0 Å². The third-order valence-corrected chi connectivity index (χ3v) is 6.29. The molecule has 0 radical (unpaired) electrons. The second kappa shape index (κ2) is 7.89. The van der Waals surface area contributed by atoms with Crippen LogP contribution in [-0.4, -0.2) is 53.3 Å². The minimum atomic E-state index is -2.77. The second-order valence-corrected chi connectivity index (χ2v) is 8.66. The van der Waals surface area contributed by atoms with E-state index in [1.807, 2.05) is 4.90 Å². The first-order valence-electron chi connectivity index (χ1n) is 10.0. The van der Waals surface area contributed by atoms with Gasteiger partial charge in [0.15, 0.2) is 0 Å². The molecule has 0 bridgehead atoms. The number of halogens is 4. The van der Waals surface area contributed by atoms with Gasteiger partial charge in [0.2, 0.25) is 5.92 Å². The Balaban J connectivity index is 1.52. The fourth-order valence-electron chi connectivity index (χ4n) is 4.09. The predicted octanol–water partition coefficient (Wildman–Crippen LogP) is 4.11. The number of carbonyl (C=O) groups excluding carboxylic acids is 1. The van der Waals surface area contributed by atoms with Gasteiger partial charge in [0, 0.05) is 31.3 Å². The maximum atomic E-state index is 13.5. The molecule has 2 heterocycles. The van der Waals surface area contributed by atoms with Crippen molar-refractivity contribution in [3.63, 3.8) is 0 Å². The van der Waals surface area contributed by atoms with Gasteiger partial charge in [0.05, 0.1) is 28.2 Å². The molecule has 2 aromatic rings. The van der Waals surface area contributed by atoms with Crippen LogP contribution >= 0.6 is 11.6 Å². The zero-order chi connectivity index (χ0) is 21.5. The van der Waals surface area contributed by atoms with Crippen LogP contribution in [0.4, 0.5) is 19.0 Å². The number of carbonyl (C=O) groups is 1. The Labute approximate surface area is 177 Å². The Morgan fingerprint density at radius 3 is 2.63 bits per heavy atom. The molecule has 1 aromatic heterocycles.